The van der Waals surface area contributed by atoms with Gasteiger partial charge in [-0.1, -0.05) is 19.1 Å². The Balaban J connectivity index is 1.46. The van der Waals surface area contributed by atoms with Crippen molar-refractivity contribution in [1.82, 2.24) is 9.80 Å². The molecule has 1 aliphatic heterocycles. The average Bonchev–Trinajstić information content (AvgIpc) is 3.13. The third kappa shape index (κ3) is 5.91. The van der Waals surface area contributed by atoms with Gasteiger partial charge in [-0.2, -0.15) is 11.3 Å². The molecule has 1 aliphatic rings. The molecule has 1 aromatic heterocycles. The molecule has 1 saturated heterocycles. The normalized spacial score (nSPS) is 18.8. The molecule has 1 unspecified atom stereocenters. The Hall–Kier alpha value is -1.23. The second kappa shape index (κ2) is 9.46. The molecule has 2 heterocycles. The summed E-state index contributed by atoms with van der Waals surface area (Å²) in [5.41, 5.74) is 2.54. The van der Waals surface area contributed by atoms with Crippen molar-refractivity contribution >= 4 is 11.3 Å². The fraction of sp³-hybridized carbons (Fsp3) is 0.524. The van der Waals surface area contributed by atoms with Crippen molar-refractivity contribution in [2.24, 2.45) is 5.92 Å². The van der Waals surface area contributed by atoms with Gasteiger partial charge in [-0.05, 0) is 78.4 Å². The smallest absolute Gasteiger partial charge is 0.123 e. The van der Waals surface area contributed by atoms with Gasteiger partial charge in [0.25, 0.3) is 0 Å². The third-order valence-corrected chi connectivity index (χ3v) is 5.89. The van der Waals surface area contributed by atoms with Crippen molar-refractivity contribution in [2.45, 2.75) is 32.7 Å². The van der Waals surface area contributed by atoms with Gasteiger partial charge in [0.2, 0.25) is 0 Å². The van der Waals surface area contributed by atoms with E-state index in [1.54, 1.807) is 17.4 Å². The molecule has 25 heavy (non-hydrogen) atoms. The second-order valence-corrected chi connectivity index (χ2v) is 7.93. The number of piperidine rings is 1. The quantitative estimate of drug-likeness (QED) is 0.675. The van der Waals surface area contributed by atoms with Crippen molar-refractivity contribution in [1.29, 1.82) is 0 Å². The number of likely N-dealkylation sites (tertiary alicyclic amines) is 1. The Morgan fingerprint density at radius 2 is 2.20 bits per heavy atom. The van der Waals surface area contributed by atoms with Crippen molar-refractivity contribution in [3.63, 3.8) is 0 Å². The van der Waals surface area contributed by atoms with Crippen LogP contribution in [0.15, 0.2) is 41.1 Å². The molecule has 1 aromatic carbocycles. The van der Waals surface area contributed by atoms with Gasteiger partial charge in [0.1, 0.15) is 5.82 Å². The molecule has 0 bridgehead atoms. The van der Waals surface area contributed by atoms with Crippen LogP contribution in [0.1, 0.15) is 30.9 Å². The average molecular weight is 361 g/mol. The number of rotatable bonds is 8. The van der Waals surface area contributed by atoms with E-state index in [4.69, 9.17) is 0 Å². The maximum Gasteiger partial charge on any atom is 0.123 e. The van der Waals surface area contributed by atoms with Crippen molar-refractivity contribution < 1.29 is 4.39 Å². The maximum absolute atomic E-state index is 13.3. The van der Waals surface area contributed by atoms with Crippen LogP contribution in [0.3, 0.4) is 0 Å². The lowest BCUT2D eigenvalue weighted by molar-refractivity contribution is 0.133. The number of hydrogen-bond donors (Lipinski definition) is 0. The van der Waals surface area contributed by atoms with Crippen LogP contribution in [0.25, 0.3) is 0 Å². The lowest BCUT2D eigenvalue weighted by Gasteiger charge is -2.35. The molecular formula is C21H29FN2S. The van der Waals surface area contributed by atoms with E-state index < -0.39 is 0 Å². The van der Waals surface area contributed by atoms with Gasteiger partial charge in [0.15, 0.2) is 0 Å². The van der Waals surface area contributed by atoms with E-state index in [2.05, 4.69) is 33.6 Å². The summed E-state index contributed by atoms with van der Waals surface area (Å²) in [5, 5.41) is 4.42. The summed E-state index contributed by atoms with van der Waals surface area (Å²) < 4.78 is 13.3. The third-order valence-electron chi connectivity index (χ3n) is 5.16. The maximum atomic E-state index is 13.3. The van der Waals surface area contributed by atoms with E-state index in [0.717, 1.165) is 37.5 Å². The highest BCUT2D eigenvalue weighted by Gasteiger charge is 2.21. The molecule has 2 nitrogen and oxygen atoms in total. The standard InChI is InChI=1S/C21H29FN2S/c1-2-23(16-20-9-12-25-17-20)14-19-6-4-10-24(15-19)11-8-18-5-3-7-21(22)13-18/h3,5,7,9,12-13,17,19H,2,4,6,8,10-11,14-16H2,1H3. The summed E-state index contributed by atoms with van der Waals surface area (Å²) in [5.74, 6) is 0.626. The van der Waals surface area contributed by atoms with Gasteiger partial charge in [0.05, 0.1) is 0 Å². The van der Waals surface area contributed by atoms with E-state index in [-0.39, 0.29) is 5.82 Å². The van der Waals surface area contributed by atoms with Crippen LogP contribution in [-0.2, 0) is 13.0 Å². The molecule has 1 fully saturated rings. The summed E-state index contributed by atoms with van der Waals surface area (Å²) >= 11 is 1.78. The zero-order chi connectivity index (χ0) is 17.5. The van der Waals surface area contributed by atoms with E-state index >= 15 is 0 Å². The molecule has 2 aromatic rings. The number of thiophene rings is 1. The van der Waals surface area contributed by atoms with Gasteiger partial charge in [0, 0.05) is 26.2 Å². The molecular weight excluding hydrogens is 331 g/mol. The van der Waals surface area contributed by atoms with Crippen LogP contribution in [0, 0.1) is 11.7 Å². The first-order chi connectivity index (χ1) is 12.2. The number of hydrogen-bond acceptors (Lipinski definition) is 3. The van der Waals surface area contributed by atoms with E-state index in [0.29, 0.717) is 0 Å². The largest absolute Gasteiger partial charge is 0.303 e. The Bertz CT molecular complexity index is 629. The van der Waals surface area contributed by atoms with Crippen molar-refractivity contribution in [2.75, 3.05) is 32.7 Å². The molecule has 0 spiro atoms. The molecule has 0 radical (unpaired) electrons. The Morgan fingerprint density at radius 3 is 2.96 bits per heavy atom. The predicted molar refractivity (Wildman–Crippen MR) is 105 cm³/mol. The van der Waals surface area contributed by atoms with Gasteiger partial charge >= 0.3 is 0 Å². The topological polar surface area (TPSA) is 6.48 Å². The van der Waals surface area contributed by atoms with E-state index in [9.17, 15) is 4.39 Å². The Morgan fingerprint density at radius 1 is 1.28 bits per heavy atom. The molecule has 4 heteroatoms. The summed E-state index contributed by atoms with van der Waals surface area (Å²) in [4.78, 5) is 5.14. The summed E-state index contributed by atoms with van der Waals surface area (Å²) in [6.45, 7) is 9.02. The zero-order valence-electron chi connectivity index (χ0n) is 15.2. The Labute approximate surface area is 155 Å². The minimum atomic E-state index is -0.124. The van der Waals surface area contributed by atoms with Gasteiger partial charge < -0.3 is 4.90 Å². The molecule has 0 N–H and O–H groups in total. The van der Waals surface area contributed by atoms with E-state index in [1.807, 2.05) is 12.1 Å². The highest BCUT2D eigenvalue weighted by atomic mass is 32.1. The van der Waals surface area contributed by atoms with Gasteiger partial charge in [-0.25, -0.2) is 4.39 Å². The van der Waals surface area contributed by atoms with Crippen LogP contribution < -0.4 is 0 Å². The van der Waals surface area contributed by atoms with Crippen molar-refractivity contribution in [3.8, 4) is 0 Å². The number of benzene rings is 1. The predicted octanol–water partition coefficient (Wildman–Crippen LogP) is 4.66. The van der Waals surface area contributed by atoms with Crippen LogP contribution in [0.4, 0.5) is 4.39 Å². The van der Waals surface area contributed by atoms with Crippen LogP contribution >= 0.6 is 11.3 Å². The SMILES string of the molecule is CCN(Cc1ccsc1)CC1CCCN(CCc2cccc(F)c2)C1. The van der Waals surface area contributed by atoms with Crippen molar-refractivity contribution in [3.05, 3.63) is 58.0 Å². The monoisotopic (exact) mass is 360 g/mol. The second-order valence-electron chi connectivity index (χ2n) is 7.15. The summed E-state index contributed by atoms with van der Waals surface area (Å²) in [6.07, 6.45) is 3.55. The van der Waals surface area contributed by atoms with Crippen LogP contribution in [-0.4, -0.2) is 42.5 Å². The highest BCUT2D eigenvalue weighted by Crippen LogP contribution is 2.20. The fourth-order valence-electron chi connectivity index (χ4n) is 3.79. The minimum Gasteiger partial charge on any atom is -0.303 e. The summed E-state index contributed by atoms with van der Waals surface area (Å²) in [6, 6.07) is 9.27. The molecule has 136 valence electrons. The highest BCUT2D eigenvalue weighted by molar-refractivity contribution is 7.07. The van der Waals surface area contributed by atoms with Crippen LogP contribution in [0.2, 0.25) is 0 Å². The zero-order valence-corrected chi connectivity index (χ0v) is 16.0. The lowest BCUT2D eigenvalue weighted by Crippen LogP contribution is -2.41. The first-order valence-electron chi connectivity index (χ1n) is 9.43. The molecule has 1 atom stereocenters. The lowest BCUT2D eigenvalue weighted by atomic mass is 9.96. The molecule has 0 saturated carbocycles. The molecule has 0 amide bonds. The number of halogens is 1. The molecule has 0 aliphatic carbocycles. The first-order valence-corrected chi connectivity index (χ1v) is 10.4. The summed E-state index contributed by atoms with van der Waals surface area (Å²) in [7, 11) is 0. The number of nitrogens with zero attached hydrogens (tertiary/aromatic N) is 2. The Kier molecular flexibility index (Phi) is 7.02. The van der Waals surface area contributed by atoms with Crippen LogP contribution in [0.5, 0.6) is 0 Å². The molecule has 3 rings (SSSR count). The first kappa shape index (κ1) is 18.6. The van der Waals surface area contributed by atoms with Gasteiger partial charge in [-0.3, -0.25) is 4.90 Å². The van der Waals surface area contributed by atoms with E-state index in [1.165, 1.54) is 44.1 Å². The fourth-order valence-corrected chi connectivity index (χ4v) is 4.45. The van der Waals surface area contributed by atoms with Gasteiger partial charge in [-0.15, -0.1) is 0 Å². The minimum absolute atomic E-state index is 0.124.